The number of ether oxygens (including phenoxy) is 3. The van der Waals surface area contributed by atoms with Gasteiger partial charge >= 0.3 is 0 Å². The molecule has 0 radical (unpaired) electrons. The summed E-state index contributed by atoms with van der Waals surface area (Å²) in [7, 11) is 3.06. The largest absolute Gasteiger partial charge is 0.496 e. The molecular formula is C25H32Cl2N2O5. The lowest BCUT2D eigenvalue weighted by atomic mass is 10.1. The van der Waals surface area contributed by atoms with Gasteiger partial charge in [-0.15, -0.1) is 0 Å². The lowest BCUT2D eigenvalue weighted by molar-refractivity contribution is -0.143. The summed E-state index contributed by atoms with van der Waals surface area (Å²) in [4.78, 5) is 27.9. The van der Waals surface area contributed by atoms with E-state index < -0.39 is 6.04 Å². The van der Waals surface area contributed by atoms with Crippen molar-refractivity contribution in [1.29, 1.82) is 0 Å². The average Bonchev–Trinajstić information content (AvgIpc) is 2.83. The molecule has 2 unspecified atom stereocenters. The number of methoxy groups -OCH3 is 2. The van der Waals surface area contributed by atoms with E-state index >= 15 is 0 Å². The lowest BCUT2D eigenvalue weighted by Crippen LogP contribution is -2.51. The molecule has 2 amide bonds. The van der Waals surface area contributed by atoms with Gasteiger partial charge in [0, 0.05) is 46.4 Å². The van der Waals surface area contributed by atoms with Gasteiger partial charge in [-0.05, 0) is 31.9 Å². The van der Waals surface area contributed by atoms with E-state index in [0.29, 0.717) is 39.3 Å². The van der Waals surface area contributed by atoms with Crippen LogP contribution in [0.5, 0.6) is 17.2 Å². The summed E-state index contributed by atoms with van der Waals surface area (Å²) < 4.78 is 16.3. The number of amides is 2. The first-order valence-electron chi connectivity index (χ1n) is 11.1. The van der Waals surface area contributed by atoms with E-state index in [9.17, 15) is 9.59 Å². The Morgan fingerprint density at radius 3 is 2.03 bits per heavy atom. The monoisotopic (exact) mass is 510 g/mol. The van der Waals surface area contributed by atoms with Gasteiger partial charge in [0.2, 0.25) is 5.91 Å². The van der Waals surface area contributed by atoms with Crippen LogP contribution in [0.1, 0.15) is 39.2 Å². The highest BCUT2D eigenvalue weighted by atomic mass is 35.5. The Hall–Kier alpha value is -2.64. The fourth-order valence-electron chi connectivity index (χ4n) is 3.31. The maximum Gasteiger partial charge on any atom is 0.261 e. The maximum atomic E-state index is 13.4. The summed E-state index contributed by atoms with van der Waals surface area (Å²) in [6, 6.07) is 9.38. The second-order valence-corrected chi connectivity index (χ2v) is 8.62. The first kappa shape index (κ1) is 27.6. The first-order valence-corrected chi connectivity index (χ1v) is 11.9. The van der Waals surface area contributed by atoms with Crippen molar-refractivity contribution in [2.24, 2.45) is 0 Å². The highest BCUT2D eigenvalue weighted by Crippen LogP contribution is 2.29. The smallest absolute Gasteiger partial charge is 0.261 e. The molecule has 0 aromatic heterocycles. The Bertz CT molecular complexity index is 943. The van der Waals surface area contributed by atoms with Crippen LogP contribution in [-0.2, 0) is 16.1 Å². The molecule has 0 fully saturated rings. The van der Waals surface area contributed by atoms with E-state index in [1.54, 1.807) is 36.4 Å². The highest BCUT2D eigenvalue weighted by Gasteiger charge is 2.30. The molecule has 2 atom stereocenters. The molecule has 0 aliphatic carbocycles. The molecule has 2 aromatic carbocycles. The summed E-state index contributed by atoms with van der Waals surface area (Å²) in [5.41, 5.74) is 0.567. The van der Waals surface area contributed by atoms with E-state index in [1.165, 1.54) is 19.1 Å². The number of hydrogen-bond acceptors (Lipinski definition) is 5. The first-order chi connectivity index (χ1) is 16.2. The summed E-state index contributed by atoms with van der Waals surface area (Å²) >= 11 is 12.7. The Balaban J connectivity index is 2.32. The van der Waals surface area contributed by atoms with E-state index in [0.717, 1.165) is 6.42 Å². The summed E-state index contributed by atoms with van der Waals surface area (Å²) in [6.07, 6.45) is 1.18. The molecule has 2 aromatic rings. The van der Waals surface area contributed by atoms with Gasteiger partial charge in [0.05, 0.1) is 14.2 Å². The van der Waals surface area contributed by atoms with Crippen molar-refractivity contribution in [2.45, 2.75) is 52.2 Å². The molecule has 0 aliphatic heterocycles. The maximum absolute atomic E-state index is 13.4. The summed E-state index contributed by atoms with van der Waals surface area (Å²) in [5.74, 6) is 0.833. The zero-order chi connectivity index (χ0) is 25.3. The normalized spacial score (nSPS) is 12.4. The number of carbonyl (C=O) groups is 2. The van der Waals surface area contributed by atoms with E-state index in [1.807, 2.05) is 20.8 Å². The molecular weight excluding hydrogens is 479 g/mol. The minimum Gasteiger partial charge on any atom is -0.496 e. The third-order valence-corrected chi connectivity index (χ3v) is 6.17. The van der Waals surface area contributed by atoms with Crippen LogP contribution in [0.25, 0.3) is 0 Å². The lowest BCUT2D eigenvalue weighted by Gasteiger charge is -2.32. The van der Waals surface area contributed by atoms with Crippen LogP contribution in [-0.4, -0.2) is 49.6 Å². The van der Waals surface area contributed by atoms with Crippen LogP contribution >= 0.6 is 23.2 Å². The zero-order valence-corrected chi connectivity index (χ0v) is 21.7. The van der Waals surface area contributed by atoms with Gasteiger partial charge in [-0.25, -0.2) is 0 Å². The van der Waals surface area contributed by atoms with Crippen molar-refractivity contribution in [1.82, 2.24) is 10.2 Å². The Morgan fingerprint density at radius 2 is 1.53 bits per heavy atom. The number of nitrogens with one attached hydrogen (secondary N) is 1. The fraction of sp³-hybridized carbons (Fsp3) is 0.440. The van der Waals surface area contributed by atoms with Crippen LogP contribution in [0.2, 0.25) is 10.0 Å². The molecule has 1 N–H and O–H groups in total. The topological polar surface area (TPSA) is 77.1 Å². The molecule has 186 valence electrons. The van der Waals surface area contributed by atoms with Crippen molar-refractivity contribution in [3.63, 3.8) is 0 Å². The van der Waals surface area contributed by atoms with E-state index in [4.69, 9.17) is 37.4 Å². The third kappa shape index (κ3) is 7.43. The quantitative estimate of drug-likeness (QED) is 0.429. The highest BCUT2D eigenvalue weighted by molar-refractivity contribution is 6.36. The SMILES string of the molecule is CCC(C)NC(=O)C(CC)N(Cc1c(Cl)cccc1Cl)C(=O)COc1cc(OC)cc(OC)c1. The molecule has 0 aliphatic rings. The number of benzene rings is 2. The van der Waals surface area contributed by atoms with Crippen LogP contribution in [0.4, 0.5) is 0 Å². The Labute approximate surface area is 211 Å². The van der Waals surface area contributed by atoms with Gasteiger partial charge in [-0.1, -0.05) is 43.1 Å². The van der Waals surface area contributed by atoms with Gasteiger partial charge in [0.15, 0.2) is 6.61 Å². The molecule has 34 heavy (non-hydrogen) atoms. The fourth-order valence-corrected chi connectivity index (χ4v) is 3.82. The van der Waals surface area contributed by atoms with Crippen molar-refractivity contribution in [2.75, 3.05) is 20.8 Å². The van der Waals surface area contributed by atoms with Gasteiger partial charge in [0.1, 0.15) is 23.3 Å². The average molecular weight is 511 g/mol. The number of carbonyl (C=O) groups excluding carboxylic acids is 2. The number of halogens is 2. The Kier molecular flexibility index (Phi) is 10.8. The summed E-state index contributed by atoms with van der Waals surface area (Å²) in [6.45, 7) is 5.51. The minimum absolute atomic E-state index is 0.0251. The van der Waals surface area contributed by atoms with Gasteiger partial charge in [0.25, 0.3) is 5.91 Å². The van der Waals surface area contributed by atoms with Crippen molar-refractivity contribution in [3.8, 4) is 17.2 Å². The van der Waals surface area contributed by atoms with Crippen LogP contribution < -0.4 is 19.5 Å². The molecule has 0 heterocycles. The van der Waals surface area contributed by atoms with Crippen molar-refractivity contribution >= 4 is 35.0 Å². The summed E-state index contributed by atoms with van der Waals surface area (Å²) in [5, 5.41) is 3.80. The molecule has 0 spiro atoms. The number of rotatable bonds is 12. The van der Waals surface area contributed by atoms with Crippen LogP contribution in [0, 0.1) is 0 Å². The van der Waals surface area contributed by atoms with Gasteiger partial charge in [-0.3, -0.25) is 9.59 Å². The molecule has 0 bridgehead atoms. The zero-order valence-electron chi connectivity index (χ0n) is 20.2. The molecule has 0 saturated heterocycles. The number of hydrogen-bond donors (Lipinski definition) is 1. The Morgan fingerprint density at radius 1 is 0.971 bits per heavy atom. The van der Waals surface area contributed by atoms with Crippen LogP contribution in [0.15, 0.2) is 36.4 Å². The predicted octanol–water partition coefficient (Wildman–Crippen LogP) is 5.11. The second kappa shape index (κ2) is 13.3. The van der Waals surface area contributed by atoms with E-state index in [2.05, 4.69) is 5.32 Å². The predicted molar refractivity (Wildman–Crippen MR) is 134 cm³/mol. The molecule has 7 nitrogen and oxygen atoms in total. The van der Waals surface area contributed by atoms with Crippen LogP contribution in [0.3, 0.4) is 0 Å². The standard InChI is InChI=1S/C25H32Cl2N2O5/c1-6-16(3)28-25(31)23(7-2)29(14-20-21(26)9-8-10-22(20)27)24(30)15-34-19-12-17(32-4)11-18(13-19)33-5/h8-13,16,23H,6-7,14-15H2,1-5H3,(H,28,31). The van der Waals surface area contributed by atoms with Gasteiger partial charge in [-0.2, -0.15) is 0 Å². The molecule has 0 saturated carbocycles. The van der Waals surface area contributed by atoms with Crippen molar-refractivity contribution < 1.29 is 23.8 Å². The van der Waals surface area contributed by atoms with E-state index in [-0.39, 0.29) is 31.0 Å². The molecule has 9 heteroatoms. The minimum atomic E-state index is -0.725. The van der Waals surface area contributed by atoms with Crippen molar-refractivity contribution in [3.05, 3.63) is 52.0 Å². The third-order valence-electron chi connectivity index (χ3n) is 5.46. The molecule has 2 rings (SSSR count). The number of nitrogens with zero attached hydrogens (tertiary/aromatic N) is 1. The van der Waals surface area contributed by atoms with Gasteiger partial charge < -0.3 is 24.4 Å². The second-order valence-electron chi connectivity index (χ2n) is 7.80.